The highest BCUT2D eigenvalue weighted by Crippen LogP contribution is 2.21. The average molecular weight is 262 g/mol. The minimum atomic E-state index is -0.343. The van der Waals surface area contributed by atoms with E-state index in [1.165, 1.54) is 0 Å². The molecule has 0 aromatic heterocycles. The molecular weight excluding hydrogens is 243 g/mol. The molecule has 0 spiro atoms. The summed E-state index contributed by atoms with van der Waals surface area (Å²) in [6, 6.07) is 7.16. The summed E-state index contributed by atoms with van der Waals surface area (Å²) in [7, 11) is -0.343. The molecule has 19 heavy (non-hydrogen) atoms. The minimum Gasteiger partial charge on any atom is -0.462 e. The van der Waals surface area contributed by atoms with Crippen LogP contribution in [0.3, 0.4) is 0 Å². The van der Waals surface area contributed by atoms with Gasteiger partial charge in [0.1, 0.15) is 0 Å². The molecule has 0 unspecified atom stereocenters. The van der Waals surface area contributed by atoms with Gasteiger partial charge in [0.15, 0.2) is 0 Å². The van der Waals surface area contributed by atoms with E-state index in [2.05, 4.69) is 13.8 Å². The van der Waals surface area contributed by atoms with Crippen molar-refractivity contribution in [1.29, 1.82) is 0 Å². The van der Waals surface area contributed by atoms with Crippen molar-refractivity contribution < 1.29 is 18.8 Å². The fourth-order valence-electron chi connectivity index (χ4n) is 1.88. The van der Waals surface area contributed by atoms with Crippen LogP contribution in [0.2, 0.25) is 0 Å². The van der Waals surface area contributed by atoms with Gasteiger partial charge >= 0.3 is 13.1 Å². The number of rotatable bonds is 3. The zero-order chi connectivity index (χ0) is 13.9. The van der Waals surface area contributed by atoms with Gasteiger partial charge < -0.3 is 14.0 Å². The normalized spacial score (nSPS) is 18.2. The van der Waals surface area contributed by atoms with Crippen molar-refractivity contribution in [2.24, 2.45) is 5.41 Å². The highest BCUT2D eigenvalue weighted by atomic mass is 16.6. The summed E-state index contributed by atoms with van der Waals surface area (Å²) in [5, 5.41) is 0. The lowest BCUT2D eigenvalue weighted by atomic mass is 9.76. The first-order valence-electron chi connectivity index (χ1n) is 6.52. The van der Waals surface area contributed by atoms with Gasteiger partial charge in [-0.25, -0.2) is 4.79 Å². The van der Waals surface area contributed by atoms with Crippen LogP contribution >= 0.6 is 0 Å². The van der Waals surface area contributed by atoms with Crippen LogP contribution in [0.25, 0.3) is 0 Å². The average Bonchev–Trinajstić information content (AvgIpc) is 2.39. The van der Waals surface area contributed by atoms with Gasteiger partial charge in [0.25, 0.3) is 0 Å². The molecule has 2 rings (SSSR count). The Morgan fingerprint density at radius 2 is 1.84 bits per heavy atom. The van der Waals surface area contributed by atoms with Crippen molar-refractivity contribution in [3.63, 3.8) is 0 Å². The van der Waals surface area contributed by atoms with E-state index in [1.54, 1.807) is 19.1 Å². The molecule has 1 aromatic rings. The lowest BCUT2D eigenvalue weighted by Gasteiger charge is -2.33. The number of ether oxygens (including phenoxy) is 1. The molecule has 0 radical (unpaired) electrons. The summed E-state index contributed by atoms with van der Waals surface area (Å²) >= 11 is 0. The Morgan fingerprint density at radius 3 is 2.37 bits per heavy atom. The summed E-state index contributed by atoms with van der Waals surface area (Å²) < 4.78 is 16.3. The maximum atomic E-state index is 11.5. The van der Waals surface area contributed by atoms with E-state index >= 15 is 0 Å². The van der Waals surface area contributed by atoms with Gasteiger partial charge in [0.2, 0.25) is 0 Å². The Hall–Kier alpha value is -1.33. The number of hydrogen-bond donors (Lipinski definition) is 0. The Labute approximate surface area is 114 Å². The van der Waals surface area contributed by atoms with Crippen LogP contribution in [-0.4, -0.2) is 32.9 Å². The first kappa shape index (κ1) is 14.1. The van der Waals surface area contributed by atoms with E-state index in [0.717, 1.165) is 5.46 Å². The zero-order valence-electron chi connectivity index (χ0n) is 11.6. The van der Waals surface area contributed by atoms with E-state index < -0.39 is 0 Å². The standard InChI is InChI=1S/C14H19BO4/c1-4-17-13(16)11-5-7-12(8-6-11)15-18-9-14(2,3)10-19-15/h5-8H,4,9-10H2,1-3H3. The molecule has 102 valence electrons. The number of esters is 1. The minimum absolute atomic E-state index is 0.0569. The van der Waals surface area contributed by atoms with E-state index in [4.69, 9.17) is 14.0 Å². The molecular formula is C14H19BO4. The van der Waals surface area contributed by atoms with Gasteiger partial charge in [-0.05, 0) is 24.5 Å². The number of carbonyl (C=O) groups is 1. The largest absolute Gasteiger partial charge is 0.493 e. The van der Waals surface area contributed by atoms with Crippen molar-refractivity contribution in [3.05, 3.63) is 29.8 Å². The number of benzene rings is 1. The van der Waals surface area contributed by atoms with Crippen molar-refractivity contribution >= 4 is 18.6 Å². The van der Waals surface area contributed by atoms with Gasteiger partial charge in [-0.2, -0.15) is 0 Å². The summed E-state index contributed by atoms with van der Waals surface area (Å²) in [5.41, 5.74) is 1.52. The van der Waals surface area contributed by atoms with Crippen molar-refractivity contribution in [1.82, 2.24) is 0 Å². The van der Waals surface area contributed by atoms with Gasteiger partial charge in [0.05, 0.1) is 12.2 Å². The number of hydrogen-bond acceptors (Lipinski definition) is 4. The van der Waals surface area contributed by atoms with Gasteiger partial charge in [-0.15, -0.1) is 0 Å². The maximum absolute atomic E-state index is 11.5. The van der Waals surface area contributed by atoms with Crippen molar-refractivity contribution in [2.75, 3.05) is 19.8 Å². The van der Waals surface area contributed by atoms with E-state index in [-0.39, 0.29) is 18.5 Å². The summed E-state index contributed by atoms with van der Waals surface area (Å²) in [6.07, 6.45) is 0. The van der Waals surface area contributed by atoms with E-state index in [1.807, 2.05) is 12.1 Å². The Kier molecular flexibility index (Phi) is 4.27. The molecule has 1 heterocycles. The lowest BCUT2D eigenvalue weighted by Crippen LogP contribution is -2.47. The first-order chi connectivity index (χ1) is 9.02. The topological polar surface area (TPSA) is 44.8 Å². The predicted molar refractivity (Wildman–Crippen MR) is 73.5 cm³/mol. The fourth-order valence-corrected chi connectivity index (χ4v) is 1.88. The van der Waals surface area contributed by atoms with Gasteiger partial charge in [0, 0.05) is 18.6 Å². The Balaban J connectivity index is 2.01. The molecule has 5 heteroatoms. The van der Waals surface area contributed by atoms with Crippen LogP contribution in [-0.2, 0) is 14.0 Å². The third-order valence-corrected chi connectivity index (χ3v) is 2.94. The highest BCUT2D eigenvalue weighted by molar-refractivity contribution is 6.61. The van der Waals surface area contributed by atoms with Crippen molar-refractivity contribution in [3.8, 4) is 0 Å². The number of carbonyl (C=O) groups excluding carboxylic acids is 1. The van der Waals surface area contributed by atoms with Crippen LogP contribution in [0.15, 0.2) is 24.3 Å². The predicted octanol–water partition coefficient (Wildman–Crippen LogP) is 1.63. The molecule has 4 nitrogen and oxygen atoms in total. The summed E-state index contributed by atoms with van der Waals surface area (Å²) in [5.74, 6) is -0.305. The first-order valence-corrected chi connectivity index (χ1v) is 6.52. The molecule has 1 aromatic carbocycles. The van der Waals surface area contributed by atoms with Crippen molar-refractivity contribution in [2.45, 2.75) is 20.8 Å². The van der Waals surface area contributed by atoms with Crippen LogP contribution < -0.4 is 5.46 Å². The monoisotopic (exact) mass is 262 g/mol. The maximum Gasteiger partial charge on any atom is 0.493 e. The molecule has 0 N–H and O–H groups in total. The molecule has 0 bridgehead atoms. The van der Waals surface area contributed by atoms with Gasteiger partial charge in [-0.3, -0.25) is 0 Å². The van der Waals surface area contributed by atoms with Crippen LogP contribution in [0.5, 0.6) is 0 Å². The Morgan fingerprint density at radius 1 is 1.26 bits per heavy atom. The molecule has 1 aliphatic rings. The SMILES string of the molecule is CCOC(=O)c1ccc(B2OCC(C)(C)CO2)cc1. The summed E-state index contributed by atoms with van der Waals surface area (Å²) in [6.45, 7) is 7.71. The third kappa shape index (κ3) is 3.58. The second kappa shape index (κ2) is 5.76. The van der Waals surface area contributed by atoms with Crippen LogP contribution in [0.4, 0.5) is 0 Å². The molecule has 0 atom stereocenters. The molecule has 1 saturated heterocycles. The van der Waals surface area contributed by atoms with Crippen LogP contribution in [0, 0.1) is 5.41 Å². The quantitative estimate of drug-likeness (QED) is 0.613. The molecule has 0 amide bonds. The third-order valence-electron chi connectivity index (χ3n) is 2.94. The second-order valence-corrected chi connectivity index (χ2v) is 5.46. The zero-order valence-corrected chi connectivity index (χ0v) is 11.6. The van der Waals surface area contributed by atoms with Gasteiger partial charge in [-0.1, -0.05) is 26.0 Å². The molecule has 0 aliphatic carbocycles. The second-order valence-electron chi connectivity index (χ2n) is 5.46. The molecule has 1 aliphatic heterocycles. The van der Waals surface area contributed by atoms with E-state index in [0.29, 0.717) is 25.4 Å². The Bertz CT molecular complexity index is 431. The smallest absolute Gasteiger partial charge is 0.462 e. The fraction of sp³-hybridized carbons (Fsp3) is 0.500. The summed E-state index contributed by atoms with van der Waals surface area (Å²) in [4.78, 5) is 11.5. The molecule has 1 fully saturated rings. The molecule has 0 saturated carbocycles. The highest BCUT2D eigenvalue weighted by Gasteiger charge is 2.33. The lowest BCUT2D eigenvalue weighted by molar-refractivity contribution is 0.0343. The van der Waals surface area contributed by atoms with E-state index in [9.17, 15) is 4.79 Å². The van der Waals surface area contributed by atoms with Crippen LogP contribution in [0.1, 0.15) is 31.1 Å².